The average molecular weight is 264 g/mol. The third kappa shape index (κ3) is 4.02. The van der Waals surface area contributed by atoms with Crippen LogP contribution in [0.4, 0.5) is 4.39 Å². The van der Waals surface area contributed by atoms with E-state index in [1.807, 2.05) is 12.1 Å². The summed E-state index contributed by atoms with van der Waals surface area (Å²) < 4.78 is 13.9. The molecule has 0 aliphatic carbocycles. The van der Waals surface area contributed by atoms with Gasteiger partial charge in [0.15, 0.2) is 0 Å². The van der Waals surface area contributed by atoms with Crippen molar-refractivity contribution in [1.29, 1.82) is 0 Å². The van der Waals surface area contributed by atoms with Gasteiger partial charge in [-0.05, 0) is 50.9 Å². The first-order valence-electron chi connectivity index (χ1n) is 7.42. The number of nitrogens with one attached hydrogen (secondary N) is 1. The molecule has 2 rings (SSSR count). The Labute approximate surface area is 116 Å². The third-order valence-electron chi connectivity index (χ3n) is 3.93. The van der Waals surface area contributed by atoms with Gasteiger partial charge in [0.05, 0.1) is 0 Å². The summed E-state index contributed by atoms with van der Waals surface area (Å²) in [5, 5.41) is 3.36. The first-order valence-corrected chi connectivity index (χ1v) is 7.42. The number of rotatable bonds is 6. The Morgan fingerprint density at radius 1 is 1.42 bits per heavy atom. The maximum atomic E-state index is 13.9. The molecule has 3 heteroatoms. The third-order valence-corrected chi connectivity index (χ3v) is 3.93. The van der Waals surface area contributed by atoms with Crippen LogP contribution < -0.4 is 5.32 Å². The van der Waals surface area contributed by atoms with Gasteiger partial charge in [0.25, 0.3) is 0 Å². The molecule has 19 heavy (non-hydrogen) atoms. The number of hydrogen-bond donors (Lipinski definition) is 1. The normalized spacial score (nSPS) is 20.1. The summed E-state index contributed by atoms with van der Waals surface area (Å²) >= 11 is 0. The lowest BCUT2D eigenvalue weighted by Crippen LogP contribution is -2.26. The Hall–Kier alpha value is -0.930. The topological polar surface area (TPSA) is 15.3 Å². The highest BCUT2D eigenvalue weighted by Crippen LogP contribution is 2.21. The SMILES string of the molecule is CCCNCc1ccc(F)c(CN2CCCC2C)c1. The first kappa shape index (κ1) is 14.5. The van der Waals surface area contributed by atoms with E-state index < -0.39 is 0 Å². The number of halogens is 1. The fourth-order valence-corrected chi connectivity index (χ4v) is 2.72. The fraction of sp³-hybridized carbons (Fsp3) is 0.625. The summed E-state index contributed by atoms with van der Waals surface area (Å²) in [6.07, 6.45) is 3.60. The van der Waals surface area contributed by atoms with Crippen LogP contribution in [0.15, 0.2) is 18.2 Å². The number of benzene rings is 1. The van der Waals surface area contributed by atoms with E-state index in [4.69, 9.17) is 0 Å². The fourth-order valence-electron chi connectivity index (χ4n) is 2.72. The van der Waals surface area contributed by atoms with Crippen molar-refractivity contribution in [3.8, 4) is 0 Å². The number of hydrogen-bond acceptors (Lipinski definition) is 2. The minimum atomic E-state index is -0.0710. The summed E-state index contributed by atoms with van der Waals surface area (Å²) in [5.41, 5.74) is 2.02. The molecule has 0 amide bonds. The van der Waals surface area contributed by atoms with Crippen LogP contribution in [-0.4, -0.2) is 24.0 Å². The zero-order valence-electron chi connectivity index (χ0n) is 12.1. The highest BCUT2D eigenvalue weighted by Gasteiger charge is 2.21. The average Bonchev–Trinajstić information content (AvgIpc) is 2.79. The molecule has 0 bridgehead atoms. The molecular formula is C16H25FN2. The molecule has 1 aromatic carbocycles. The molecule has 2 nitrogen and oxygen atoms in total. The maximum Gasteiger partial charge on any atom is 0.127 e. The molecule has 1 N–H and O–H groups in total. The molecular weight excluding hydrogens is 239 g/mol. The summed E-state index contributed by atoms with van der Waals surface area (Å²) in [7, 11) is 0. The van der Waals surface area contributed by atoms with Gasteiger partial charge < -0.3 is 5.32 Å². The molecule has 106 valence electrons. The van der Waals surface area contributed by atoms with Gasteiger partial charge in [-0.2, -0.15) is 0 Å². The van der Waals surface area contributed by atoms with E-state index in [-0.39, 0.29) is 5.82 Å². The number of likely N-dealkylation sites (tertiary alicyclic amines) is 1. The molecule has 1 fully saturated rings. The molecule has 1 aliphatic rings. The standard InChI is InChI=1S/C16H25FN2/c1-3-8-18-11-14-6-7-16(17)15(10-14)12-19-9-4-5-13(19)2/h6-7,10,13,18H,3-5,8-9,11-12H2,1-2H3. The smallest absolute Gasteiger partial charge is 0.127 e. The monoisotopic (exact) mass is 264 g/mol. The van der Waals surface area contributed by atoms with Gasteiger partial charge in [0.2, 0.25) is 0 Å². The second-order valence-electron chi connectivity index (χ2n) is 5.56. The van der Waals surface area contributed by atoms with Crippen LogP contribution in [0.1, 0.15) is 44.2 Å². The molecule has 1 atom stereocenters. The second-order valence-corrected chi connectivity index (χ2v) is 5.56. The van der Waals surface area contributed by atoms with Crippen molar-refractivity contribution in [2.75, 3.05) is 13.1 Å². The van der Waals surface area contributed by atoms with Gasteiger partial charge in [-0.1, -0.05) is 19.1 Å². The summed E-state index contributed by atoms with van der Waals surface area (Å²) in [5.74, 6) is -0.0710. The lowest BCUT2D eigenvalue weighted by atomic mass is 10.1. The minimum Gasteiger partial charge on any atom is -0.313 e. The van der Waals surface area contributed by atoms with Crippen molar-refractivity contribution >= 4 is 0 Å². The minimum absolute atomic E-state index is 0.0710. The van der Waals surface area contributed by atoms with E-state index in [9.17, 15) is 4.39 Å². The predicted octanol–water partition coefficient (Wildman–Crippen LogP) is 3.31. The summed E-state index contributed by atoms with van der Waals surface area (Å²) in [6.45, 7) is 8.06. The van der Waals surface area contributed by atoms with Gasteiger partial charge >= 0.3 is 0 Å². The Kier molecular flexibility index (Phi) is 5.34. The molecule has 1 unspecified atom stereocenters. The summed E-state index contributed by atoms with van der Waals surface area (Å²) in [6, 6.07) is 6.10. The van der Waals surface area contributed by atoms with Crippen molar-refractivity contribution in [1.82, 2.24) is 10.2 Å². The Morgan fingerprint density at radius 2 is 2.26 bits per heavy atom. The van der Waals surface area contributed by atoms with Crippen LogP contribution in [0, 0.1) is 5.82 Å². The van der Waals surface area contributed by atoms with Crippen LogP contribution in [0.2, 0.25) is 0 Å². The van der Waals surface area contributed by atoms with Gasteiger partial charge in [0, 0.05) is 24.7 Å². The number of nitrogens with zero attached hydrogens (tertiary/aromatic N) is 1. The van der Waals surface area contributed by atoms with Crippen molar-refractivity contribution in [2.24, 2.45) is 0 Å². The molecule has 0 spiro atoms. The van der Waals surface area contributed by atoms with E-state index in [2.05, 4.69) is 24.1 Å². The van der Waals surface area contributed by atoms with Crippen molar-refractivity contribution in [3.05, 3.63) is 35.1 Å². The lowest BCUT2D eigenvalue weighted by Gasteiger charge is -2.21. The highest BCUT2D eigenvalue weighted by atomic mass is 19.1. The van der Waals surface area contributed by atoms with Crippen LogP contribution >= 0.6 is 0 Å². The van der Waals surface area contributed by atoms with Crippen molar-refractivity contribution in [2.45, 2.75) is 52.2 Å². The van der Waals surface area contributed by atoms with E-state index >= 15 is 0 Å². The molecule has 0 saturated carbocycles. The van der Waals surface area contributed by atoms with Crippen LogP contribution in [0.5, 0.6) is 0 Å². The van der Waals surface area contributed by atoms with E-state index in [1.165, 1.54) is 18.4 Å². The van der Waals surface area contributed by atoms with Crippen molar-refractivity contribution in [3.63, 3.8) is 0 Å². The molecule has 1 saturated heterocycles. The van der Waals surface area contributed by atoms with Gasteiger partial charge in [-0.3, -0.25) is 4.90 Å². The largest absolute Gasteiger partial charge is 0.313 e. The lowest BCUT2D eigenvalue weighted by molar-refractivity contribution is 0.256. The van der Waals surface area contributed by atoms with Crippen LogP contribution in [-0.2, 0) is 13.1 Å². The Balaban J connectivity index is 2.00. The van der Waals surface area contributed by atoms with E-state index in [1.54, 1.807) is 6.07 Å². The Morgan fingerprint density at radius 3 is 2.95 bits per heavy atom. The van der Waals surface area contributed by atoms with Crippen molar-refractivity contribution < 1.29 is 4.39 Å². The van der Waals surface area contributed by atoms with Gasteiger partial charge in [-0.15, -0.1) is 0 Å². The van der Waals surface area contributed by atoms with E-state index in [0.29, 0.717) is 6.04 Å². The maximum absolute atomic E-state index is 13.9. The molecule has 1 aliphatic heterocycles. The highest BCUT2D eigenvalue weighted by molar-refractivity contribution is 5.25. The zero-order valence-corrected chi connectivity index (χ0v) is 12.1. The molecule has 1 heterocycles. The predicted molar refractivity (Wildman–Crippen MR) is 77.5 cm³/mol. The molecule has 1 aromatic rings. The van der Waals surface area contributed by atoms with E-state index in [0.717, 1.165) is 38.2 Å². The quantitative estimate of drug-likeness (QED) is 0.793. The van der Waals surface area contributed by atoms with Crippen LogP contribution in [0.3, 0.4) is 0 Å². The zero-order chi connectivity index (χ0) is 13.7. The van der Waals surface area contributed by atoms with Gasteiger partial charge in [0.1, 0.15) is 5.82 Å². The molecule has 0 radical (unpaired) electrons. The first-order chi connectivity index (χ1) is 9.20. The molecule has 0 aromatic heterocycles. The van der Waals surface area contributed by atoms with Crippen LogP contribution in [0.25, 0.3) is 0 Å². The Bertz CT molecular complexity index is 406. The van der Waals surface area contributed by atoms with Gasteiger partial charge in [-0.25, -0.2) is 4.39 Å². The second kappa shape index (κ2) is 7.01. The summed E-state index contributed by atoms with van der Waals surface area (Å²) in [4.78, 5) is 2.38.